The van der Waals surface area contributed by atoms with E-state index >= 15 is 0 Å². The number of carbonyl (C=O) groups is 2. The first kappa shape index (κ1) is 15.5. The zero-order chi connectivity index (χ0) is 17.2. The van der Waals surface area contributed by atoms with Gasteiger partial charge in [-0.05, 0) is 42.7 Å². The molecule has 2 aromatic carbocycles. The van der Waals surface area contributed by atoms with Crippen LogP contribution < -0.4 is 20.1 Å². The van der Waals surface area contributed by atoms with Crippen molar-refractivity contribution in [2.24, 2.45) is 5.92 Å². The number of hydrogen-bond donors (Lipinski definition) is 2. The molecule has 1 fully saturated rings. The molecule has 0 unspecified atom stereocenters. The van der Waals surface area contributed by atoms with E-state index in [-0.39, 0.29) is 24.5 Å². The summed E-state index contributed by atoms with van der Waals surface area (Å²) in [5.41, 5.74) is 2.17. The number of rotatable bonds is 5. The molecule has 4 rings (SSSR count). The van der Waals surface area contributed by atoms with E-state index in [1.165, 1.54) is 0 Å². The molecule has 0 aromatic heterocycles. The topological polar surface area (TPSA) is 76.7 Å². The molecule has 0 saturated heterocycles. The Hall–Kier alpha value is -3.02. The van der Waals surface area contributed by atoms with Crippen LogP contribution in [0.2, 0.25) is 0 Å². The van der Waals surface area contributed by atoms with Crippen LogP contribution in [0.4, 0.5) is 5.69 Å². The zero-order valence-electron chi connectivity index (χ0n) is 13.6. The summed E-state index contributed by atoms with van der Waals surface area (Å²) in [6.45, 7) is 0.685. The maximum Gasteiger partial charge on any atom is 0.255 e. The van der Waals surface area contributed by atoms with Crippen LogP contribution in [-0.2, 0) is 11.3 Å². The summed E-state index contributed by atoms with van der Waals surface area (Å²) in [7, 11) is 0. The zero-order valence-corrected chi connectivity index (χ0v) is 13.6. The van der Waals surface area contributed by atoms with Crippen LogP contribution in [0, 0.1) is 5.92 Å². The van der Waals surface area contributed by atoms with Crippen molar-refractivity contribution in [1.29, 1.82) is 0 Å². The van der Waals surface area contributed by atoms with E-state index in [1.807, 2.05) is 12.1 Å². The minimum absolute atomic E-state index is 0.115. The number of carbonyl (C=O) groups excluding carboxylic acids is 2. The first-order chi connectivity index (χ1) is 12.2. The van der Waals surface area contributed by atoms with E-state index in [2.05, 4.69) is 10.6 Å². The lowest BCUT2D eigenvalue weighted by Gasteiger charge is -2.08. The number of hydrogen-bond acceptors (Lipinski definition) is 4. The van der Waals surface area contributed by atoms with Gasteiger partial charge in [0.2, 0.25) is 12.7 Å². The Morgan fingerprint density at radius 2 is 1.76 bits per heavy atom. The molecule has 0 atom stereocenters. The van der Waals surface area contributed by atoms with E-state index in [0.29, 0.717) is 29.3 Å². The largest absolute Gasteiger partial charge is 0.454 e. The number of ether oxygens (including phenoxy) is 2. The second-order valence-electron chi connectivity index (χ2n) is 6.21. The Balaban J connectivity index is 1.36. The molecule has 6 heteroatoms. The molecule has 1 aliphatic heterocycles. The Morgan fingerprint density at radius 3 is 2.52 bits per heavy atom. The molecule has 1 saturated carbocycles. The van der Waals surface area contributed by atoms with Gasteiger partial charge in [-0.3, -0.25) is 9.59 Å². The molecule has 2 aliphatic rings. The average molecular weight is 338 g/mol. The van der Waals surface area contributed by atoms with Crippen LogP contribution in [0.1, 0.15) is 28.8 Å². The van der Waals surface area contributed by atoms with Gasteiger partial charge in [0.15, 0.2) is 11.5 Å². The normalized spacial score (nSPS) is 14.9. The highest BCUT2D eigenvalue weighted by Crippen LogP contribution is 2.34. The van der Waals surface area contributed by atoms with Crippen molar-refractivity contribution in [2.75, 3.05) is 12.1 Å². The predicted octanol–water partition coefficient (Wildman–Crippen LogP) is 2.69. The Bertz CT molecular complexity index is 813. The fraction of sp³-hybridized carbons (Fsp3) is 0.263. The van der Waals surface area contributed by atoms with Gasteiger partial charge in [0, 0.05) is 29.8 Å². The molecule has 0 spiro atoms. The lowest BCUT2D eigenvalue weighted by atomic mass is 10.1. The van der Waals surface area contributed by atoms with Gasteiger partial charge in [0.25, 0.3) is 5.91 Å². The monoisotopic (exact) mass is 338 g/mol. The molecule has 2 aromatic rings. The minimum atomic E-state index is -0.201. The van der Waals surface area contributed by atoms with Gasteiger partial charge in [0.1, 0.15) is 0 Å². The molecule has 0 bridgehead atoms. The van der Waals surface area contributed by atoms with E-state index in [1.54, 1.807) is 30.3 Å². The van der Waals surface area contributed by atoms with Crippen molar-refractivity contribution in [1.82, 2.24) is 5.32 Å². The van der Waals surface area contributed by atoms with Crippen molar-refractivity contribution in [3.8, 4) is 11.5 Å². The molecule has 0 radical (unpaired) electrons. The highest BCUT2D eigenvalue weighted by molar-refractivity contribution is 6.04. The van der Waals surface area contributed by atoms with Crippen LogP contribution in [0.3, 0.4) is 0 Å². The summed E-state index contributed by atoms with van der Waals surface area (Å²) >= 11 is 0. The fourth-order valence-corrected chi connectivity index (χ4v) is 2.63. The quantitative estimate of drug-likeness (QED) is 0.879. The van der Waals surface area contributed by atoms with Crippen LogP contribution in [0.25, 0.3) is 0 Å². The average Bonchev–Trinajstić information content (AvgIpc) is 3.38. The number of nitrogens with one attached hydrogen (secondary N) is 2. The maximum atomic E-state index is 12.3. The van der Waals surface area contributed by atoms with Gasteiger partial charge < -0.3 is 20.1 Å². The third-order valence-electron chi connectivity index (χ3n) is 4.26. The molecule has 1 aliphatic carbocycles. The van der Waals surface area contributed by atoms with Crippen molar-refractivity contribution < 1.29 is 19.1 Å². The van der Waals surface area contributed by atoms with Crippen LogP contribution in [-0.4, -0.2) is 18.6 Å². The molecule has 2 amide bonds. The summed E-state index contributed by atoms with van der Waals surface area (Å²) in [4.78, 5) is 24.0. The van der Waals surface area contributed by atoms with Crippen molar-refractivity contribution in [2.45, 2.75) is 19.4 Å². The lowest BCUT2D eigenvalue weighted by molar-refractivity contribution is -0.122. The van der Waals surface area contributed by atoms with Gasteiger partial charge >= 0.3 is 0 Å². The second kappa shape index (κ2) is 6.47. The predicted molar refractivity (Wildman–Crippen MR) is 91.5 cm³/mol. The highest BCUT2D eigenvalue weighted by atomic mass is 16.7. The van der Waals surface area contributed by atoms with Gasteiger partial charge in [0.05, 0.1) is 0 Å². The Labute approximate surface area is 145 Å². The van der Waals surface area contributed by atoms with Gasteiger partial charge in [-0.1, -0.05) is 12.1 Å². The van der Waals surface area contributed by atoms with E-state index < -0.39 is 0 Å². The first-order valence-corrected chi connectivity index (χ1v) is 8.27. The lowest BCUT2D eigenvalue weighted by Crippen LogP contribution is -2.24. The molecule has 2 N–H and O–H groups in total. The molecular formula is C19H18N2O4. The van der Waals surface area contributed by atoms with E-state index in [0.717, 1.165) is 18.4 Å². The molecule has 1 heterocycles. The molecule has 128 valence electrons. The second-order valence-corrected chi connectivity index (χ2v) is 6.21. The summed E-state index contributed by atoms with van der Waals surface area (Å²) in [5, 5.41) is 5.74. The van der Waals surface area contributed by atoms with E-state index in [4.69, 9.17) is 9.47 Å². The standard InChI is InChI=1S/C19H18N2O4/c22-18(13-5-6-13)20-10-12-1-3-14(4-2-12)19(23)21-15-7-8-16-17(9-15)25-11-24-16/h1-4,7-9,13H,5-6,10-11H2,(H,20,22)(H,21,23). The summed E-state index contributed by atoms with van der Waals surface area (Å²) in [6, 6.07) is 12.5. The van der Waals surface area contributed by atoms with Crippen LogP contribution in [0.5, 0.6) is 11.5 Å². The van der Waals surface area contributed by atoms with Gasteiger partial charge in [-0.15, -0.1) is 0 Å². The van der Waals surface area contributed by atoms with Crippen molar-refractivity contribution in [3.05, 3.63) is 53.6 Å². The van der Waals surface area contributed by atoms with Crippen LogP contribution >= 0.6 is 0 Å². The number of benzene rings is 2. The smallest absolute Gasteiger partial charge is 0.255 e. The van der Waals surface area contributed by atoms with E-state index in [9.17, 15) is 9.59 Å². The van der Waals surface area contributed by atoms with Gasteiger partial charge in [-0.2, -0.15) is 0 Å². The summed E-state index contributed by atoms with van der Waals surface area (Å²) in [6.07, 6.45) is 1.98. The molecule has 25 heavy (non-hydrogen) atoms. The summed E-state index contributed by atoms with van der Waals surface area (Å²) in [5.74, 6) is 1.42. The minimum Gasteiger partial charge on any atom is -0.454 e. The highest BCUT2D eigenvalue weighted by Gasteiger charge is 2.29. The van der Waals surface area contributed by atoms with Crippen molar-refractivity contribution >= 4 is 17.5 Å². The number of amides is 2. The Kier molecular flexibility index (Phi) is 4.01. The Morgan fingerprint density at radius 1 is 1.00 bits per heavy atom. The van der Waals surface area contributed by atoms with Crippen molar-refractivity contribution in [3.63, 3.8) is 0 Å². The fourth-order valence-electron chi connectivity index (χ4n) is 2.63. The molecule has 6 nitrogen and oxygen atoms in total. The third kappa shape index (κ3) is 3.57. The molecular weight excluding hydrogens is 320 g/mol. The summed E-state index contributed by atoms with van der Waals surface area (Å²) < 4.78 is 10.6. The number of fused-ring (bicyclic) bond motifs is 1. The third-order valence-corrected chi connectivity index (χ3v) is 4.26. The van der Waals surface area contributed by atoms with Gasteiger partial charge in [-0.25, -0.2) is 0 Å². The first-order valence-electron chi connectivity index (χ1n) is 8.27. The van der Waals surface area contributed by atoms with Crippen LogP contribution in [0.15, 0.2) is 42.5 Å². The SMILES string of the molecule is O=C(Nc1ccc2c(c1)OCO2)c1ccc(CNC(=O)C2CC2)cc1. The maximum absolute atomic E-state index is 12.3. The number of anilines is 1.